The number of aromatic nitrogens is 1. The molecule has 0 aromatic carbocycles. The highest BCUT2D eigenvalue weighted by atomic mass is 127. The van der Waals surface area contributed by atoms with Gasteiger partial charge in [-0.15, -0.1) is 35.3 Å². The Morgan fingerprint density at radius 3 is 2.54 bits per heavy atom. The highest BCUT2D eigenvalue weighted by Gasteiger charge is 2.08. The second kappa shape index (κ2) is 13.8. The highest BCUT2D eigenvalue weighted by molar-refractivity contribution is 14.0. The third-order valence-electron chi connectivity index (χ3n) is 3.73. The molecule has 5 nitrogen and oxygen atoms in total. The van der Waals surface area contributed by atoms with Gasteiger partial charge in [-0.3, -0.25) is 4.99 Å². The van der Waals surface area contributed by atoms with Crippen molar-refractivity contribution >= 4 is 41.3 Å². The zero-order valence-electron chi connectivity index (χ0n) is 15.4. The third-order valence-corrected chi connectivity index (χ3v) is 4.86. The maximum atomic E-state index is 9.14. The molecular weight excluding hydrogens is 435 g/mol. The number of hydrogen-bond acceptors (Lipinski definition) is 4. The molecular formula is C17H33IN4OS. The normalized spacial score (nSPS) is 12.6. The Labute approximate surface area is 167 Å². The highest BCUT2D eigenvalue weighted by Crippen LogP contribution is 2.17. The first-order valence-corrected chi connectivity index (χ1v) is 9.48. The van der Waals surface area contributed by atoms with E-state index in [-0.39, 0.29) is 30.6 Å². The van der Waals surface area contributed by atoms with Gasteiger partial charge >= 0.3 is 0 Å². The second-order valence-electron chi connectivity index (χ2n) is 5.80. The largest absolute Gasteiger partial charge is 0.396 e. The number of aliphatic hydroxyl groups excluding tert-OH is 1. The fraction of sp³-hybridized carbons (Fsp3) is 0.765. The first-order valence-electron chi connectivity index (χ1n) is 8.66. The molecule has 0 aliphatic rings. The molecule has 0 fully saturated rings. The summed E-state index contributed by atoms with van der Waals surface area (Å²) in [5.74, 6) is 1.33. The van der Waals surface area contributed by atoms with Gasteiger partial charge in [-0.05, 0) is 39.5 Å². The Kier molecular flexibility index (Phi) is 13.6. The summed E-state index contributed by atoms with van der Waals surface area (Å²) < 4.78 is 0. The van der Waals surface area contributed by atoms with Crippen molar-refractivity contribution in [2.75, 3.05) is 26.2 Å². The lowest BCUT2D eigenvalue weighted by molar-refractivity contribution is 0.253. The molecule has 0 aliphatic carbocycles. The van der Waals surface area contributed by atoms with Crippen LogP contribution in [0.15, 0.2) is 4.99 Å². The lowest BCUT2D eigenvalue weighted by Crippen LogP contribution is -2.38. The monoisotopic (exact) mass is 468 g/mol. The fourth-order valence-electron chi connectivity index (χ4n) is 2.58. The van der Waals surface area contributed by atoms with Crippen LogP contribution in [0.1, 0.15) is 48.7 Å². The van der Waals surface area contributed by atoms with Gasteiger partial charge in [0.25, 0.3) is 0 Å². The Hall–Kier alpha value is -0.410. The van der Waals surface area contributed by atoms with Crippen LogP contribution in [0.3, 0.4) is 0 Å². The van der Waals surface area contributed by atoms with E-state index < -0.39 is 0 Å². The van der Waals surface area contributed by atoms with Crippen LogP contribution in [0.5, 0.6) is 0 Å². The number of aryl methyl sites for hydroxylation is 2. The van der Waals surface area contributed by atoms with E-state index in [1.165, 1.54) is 4.88 Å². The summed E-state index contributed by atoms with van der Waals surface area (Å²) in [4.78, 5) is 10.5. The van der Waals surface area contributed by atoms with Crippen molar-refractivity contribution in [3.8, 4) is 0 Å². The van der Waals surface area contributed by atoms with Gasteiger partial charge in [-0.1, -0.05) is 13.3 Å². The van der Waals surface area contributed by atoms with Crippen molar-refractivity contribution in [3.05, 3.63) is 15.6 Å². The Bertz CT molecular complexity index is 473. The van der Waals surface area contributed by atoms with Crippen LogP contribution in [0.4, 0.5) is 0 Å². The minimum Gasteiger partial charge on any atom is -0.396 e. The predicted octanol–water partition coefficient (Wildman–Crippen LogP) is 3.27. The van der Waals surface area contributed by atoms with Crippen LogP contribution in [-0.2, 0) is 6.42 Å². The fourth-order valence-corrected chi connectivity index (χ4v) is 3.52. The summed E-state index contributed by atoms with van der Waals surface area (Å²) in [6.07, 6.45) is 4.05. The van der Waals surface area contributed by atoms with Gasteiger partial charge in [-0.25, -0.2) is 4.98 Å². The van der Waals surface area contributed by atoms with Crippen LogP contribution in [0.2, 0.25) is 0 Å². The number of aliphatic imine (C=N–C) groups is 1. The maximum absolute atomic E-state index is 9.14. The van der Waals surface area contributed by atoms with Crippen molar-refractivity contribution in [2.45, 2.75) is 53.4 Å². The van der Waals surface area contributed by atoms with Gasteiger partial charge in [0.15, 0.2) is 5.96 Å². The van der Waals surface area contributed by atoms with Crippen LogP contribution in [-0.4, -0.2) is 42.3 Å². The van der Waals surface area contributed by atoms with E-state index in [1.54, 1.807) is 11.3 Å². The summed E-state index contributed by atoms with van der Waals surface area (Å²) in [5, 5.41) is 17.0. The van der Waals surface area contributed by atoms with Gasteiger partial charge in [0, 0.05) is 37.5 Å². The van der Waals surface area contributed by atoms with Crippen LogP contribution >= 0.6 is 35.3 Å². The van der Waals surface area contributed by atoms with Gasteiger partial charge in [0.05, 0.1) is 10.7 Å². The molecule has 0 radical (unpaired) electrons. The van der Waals surface area contributed by atoms with Crippen molar-refractivity contribution < 1.29 is 5.11 Å². The van der Waals surface area contributed by atoms with Gasteiger partial charge < -0.3 is 15.7 Å². The molecule has 1 atom stereocenters. The molecule has 1 rings (SSSR count). The van der Waals surface area contributed by atoms with E-state index in [4.69, 9.17) is 5.11 Å². The Morgan fingerprint density at radius 2 is 2.00 bits per heavy atom. The number of nitrogens with one attached hydrogen (secondary N) is 2. The molecule has 0 saturated heterocycles. The number of halogens is 1. The summed E-state index contributed by atoms with van der Waals surface area (Å²) in [5.41, 5.74) is 1.14. The van der Waals surface area contributed by atoms with E-state index in [9.17, 15) is 0 Å². The average Bonchev–Trinajstić information content (AvgIpc) is 2.83. The number of rotatable bonds is 10. The first-order chi connectivity index (χ1) is 11.1. The summed E-state index contributed by atoms with van der Waals surface area (Å²) in [6.45, 7) is 11.1. The minimum atomic E-state index is 0. The summed E-state index contributed by atoms with van der Waals surface area (Å²) >= 11 is 1.77. The lowest BCUT2D eigenvalue weighted by Gasteiger charge is -2.15. The van der Waals surface area contributed by atoms with Gasteiger partial charge in [0.2, 0.25) is 0 Å². The quantitative estimate of drug-likeness (QED) is 0.280. The summed E-state index contributed by atoms with van der Waals surface area (Å²) in [6, 6.07) is 0. The standard InChI is InChI=1S/C17H32N4OS.HI/c1-5-7-15(9-11-22)12-20-17(18-6-2)19-10-8-16-13(3)21-14(4)23-16;/h15,22H,5-12H2,1-4H3,(H2,18,19,20);1H. The molecule has 7 heteroatoms. The van der Waals surface area contributed by atoms with E-state index >= 15 is 0 Å². The molecule has 0 aliphatic heterocycles. The third kappa shape index (κ3) is 9.17. The van der Waals surface area contributed by atoms with Crippen LogP contribution in [0.25, 0.3) is 0 Å². The zero-order chi connectivity index (χ0) is 17.1. The molecule has 24 heavy (non-hydrogen) atoms. The molecule has 3 N–H and O–H groups in total. The molecule has 0 spiro atoms. The zero-order valence-corrected chi connectivity index (χ0v) is 18.5. The molecule has 140 valence electrons. The predicted molar refractivity (Wildman–Crippen MR) is 115 cm³/mol. The second-order valence-corrected chi connectivity index (χ2v) is 7.09. The molecule has 0 bridgehead atoms. The topological polar surface area (TPSA) is 69.5 Å². The smallest absolute Gasteiger partial charge is 0.191 e. The molecule has 0 amide bonds. The molecule has 1 heterocycles. The van der Waals surface area contributed by atoms with E-state index in [0.29, 0.717) is 5.92 Å². The van der Waals surface area contributed by atoms with Crippen molar-refractivity contribution in [2.24, 2.45) is 10.9 Å². The van der Waals surface area contributed by atoms with Crippen LogP contribution in [0, 0.1) is 19.8 Å². The number of hydrogen-bond donors (Lipinski definition) is 3. The maximum Gasteiger partial charge on any atom is 0.191 e. The average molecular weight is 468 g/mol. The minimum absolute atomic E-state index is 0. The van der Waals surface area contributed by atoms with Crippen LogP contribution < -0.4 is 10.6 Å². The molecule has 1 unspecified atom stereocenters. The lowest BCUT2D eigenvalue weighted by atomic mass is 10.0. The van der Waals surface area contributed by atoms with E-state index in [0.717, 1.165) is 62.0 Å². The van der Waals surface area contributed by atoms with Gasteiger partial charge in [-0.2, -0.15) is 0 Å². The van der Waals surface area contributed by atoms with Crippen molar-refractivity contribution in [1.29, 1.82) is 0 Å². The number of guanidine groups is 1. The van der Waals surface area contributed by atoms with Crippen molar-refractivity contribution in [1.82, 2.24) is 15.6 Å². The molecule has 0 saturated carbocycles. The number of aliphatic hydroxyl groups is 1. The van der Waals surface area contributed by atoms with Crippen molar-refractivity contribution in [3.63, 3.8) is 0 Å². The number of nitrogens with zero attached hydrogens (tertiary/aromatic N) is 2. The molecule has 1 aromatic rings. The Morgan fingerprint density at radius 1 is 1.25 bits per heavy atom. The van der Waals surface area contributed by atoms with Gasteiger partial charge in [0.1, 0.15) is 0 Å². The SMILES string of the molecule is CCCC(CCO)CN=C(NCC)NCCc1sc(C)nc1C.I. The number of thiazole rings is 1. The summed E-state index contributed by atoms with van der Waals surface area (Å²) in [7, 11) is 0. The first kappa shape index (κ1) is 23.6. The van der Waals surface area contributed by atoms with E-state index in [1.807, 2.05) is 0 Å². The molecule has 1 aromatic heterocycles. The van der Waals surface area contributed by atoms with E-state index in [2.05, 4.69) is 48.3 Å². The Balaban J connectivity index is 0.00000529.